The number of likely N-dealkylation sites (tertiary alicyclic amines) is 1. The number of nitrogens with zero attached hydrogens (tertiary/aromatic N) is 3. The molecule has 1 aromatic rings. The van der Waals surface area contributed by atoms with Crippen molar-refractivity contribution in [3.05, 3.63) is 11.9 Å². The van der Waals surface area contributed by atoms with Gasteiger partial charge in [0.25, 0.3) is 0 Å². The van der Waals surface area contributed by atoms with Gasteiger partial charge in [-0.25, -0.2) is 4.98 Å². The molecule has 4 nitrogen and oxygen atoms in total. The highest BCUT2D eigenvalue weighted by molar-refractivity contribution is 5.32. The Bertz CT molecular complexity index is 416. The Hall–Kier alpha value is -1.03. The van der Waals surface area contributed by atoms with Crippen molar-refractivity contribution in [2.75, 3.05) is 25.0 Å². The van der Waals surface area contributed by atoms with E-state index in [1.165, 1.54) is 45.3 Å². The zero-order valence-electron chi connectivity index (χ0n) is 12.2. The average molecular weight is 262 g/mol. The summed E-state index contributed by atoms with van der Waals surface area (Å²) in [5, 5.41) is 3.54. The minimum atomic E-state index is 0.675. The lowest BCUT2D eigenvalue weighted by atomic mass is 10.1. The van der Waals surface area contributed by atoms with Gasteiger partial charge in [-0.15, -0.1) is 0 Å². The van der Waals surface area contributed by atoms with E-state index in [-0.39, 0.29) is 0 Å². The highest BCUT2D eigenvalue weighted by atomic mass is 15.2. The van der Waals surface area contributed by atoms with Crippen LogP contribution in [-0.2, 0) is 6.54 Å². The largest absolute Gasteiger partial charge is 0.353 e. The minimum Gasteiger partial charge on any atom is -0.353 e. The van der Waals surface area contributed by atoms with E-state index >= 15 is 0 Å². The van der Waals surface area contributed by atoms with E-state index in [0.29, 0.717) is 12.0 Å². The first-order valence-corrected chi connectivity index (χ1v) is 7.73. The molecular weight excluding hydrogens is 236 g/mol. The molecular formula is C15H26N4. The molecule has 2 aliphatic rings. The topological polar surface area (TPSA) is 33.1 Å². The number of anilines is 1. The first-order chi connectivity index (χ1) is 9.20. The second-order valence-electron chi connectivity index (χ2n) is 6.39. The second-order valence-corrected chi connectivity index (χ2v) is 6.39. The van der Waals surface area contributed by atoms with Crippen LogP contribution in [0.4, 0.5) is 5.95 Å². The molecule has 3 rings (SSSR count). The van der Waals surface area contributed by atoms with Crippen molar-refractivity contribution < 1.29 is 0 Å². The van der Waals surface area contributed by atoms with Crippen LogP contribution in [0.25, 0.3) is 0 Å². The molecule has 0 aromatic carbocycles. The van der Waals surface area contributed by atoms with Gasteiger partial charge in [-0.3, -0.25) is 0 Å². The highest BCUT2D eigenvalue weighted by Crippen LogP contribution is 2.25. The lowest BCUT2D eigenvalue weighted by molar-refractivity contribution is 0.272. The first kappa shape index (κ1) is 13.0. The zero-order chi connectivity index (χ0) is 13.2. The van der Waals surface area contributed by atoms with Gasteiger partial charge in [0.2, 0.25) is 5.95 Å². The van der Waals surface area contributed by atoms with E-state index in [0.717, 1.165) is 18.2 Å². The minimum absolute atomic E-state index is 0.675. The third kappa shape index (κ3) is 3.50. The van der Waals surface area contributed by atoms with Crippen molar-refractivity contribution in [2.45, 2.75) is 52.1 Å². The summed E-state index contributed by atoms with van der Waals surface area (Å²) in [5.41, 5.74) is 1.12. The number of rotatable bonds is 6. The molecule has 1 aliphatic heterocycles. The Labute approximate surface area is 116 Å². The second kappa shape index (κ2) is 5.53. The molecule has 1 saturated heterocycles. The number of aryl methyl sites for hydroxylation is 1. The molecule has 0 radical (unpaired) electrons. The molecule has 1 aromatic heterocycles. The number of hydrogen-bond acceptors (Lipinski definition) is 3. The third-order valence-electron chi connectivity index (χ3n) is 4.08. The van der Waals surface area contributed by atoms with Gasteiger partial charge >= 0.3 is 0 Å². The predicted octanol–water partition coefficient (Wildman–Crippen LogP) is 2.50. The molecule has 1 unspecified atom stereocenters. The van der Waals surface area contributed by atoms with E-state index in [9.17, 15) is 0 Å². The quantitative estimate of drug-likeness (QED) is 0.855. The molecule has 19 heavy (non-hydrogen) atoms. The van der Waals surface area contributed by atoms with Gasteiger partial charge in [0, 0.05) is 25.3 Å². The molecule has 1 N–H and O–H groups in total. The monoisotopic (exact) mass is 262 g/mol. The standard InChI is InChI=1S/C15H26N4/c1-12(9-18-7-3-4-8-18)10-19-11-13(2)16-15(19)17-14-5-6-14/h11-12,14H,3-10H2,1-2H3,(H,16,17). The van der Waals surface area contributed by atoms with Crippen LogP contribution in [0.5, 0.6) is 0 Å². The van der Waals surface area contributed by atoms with Crippen LogP contribution in [0, 0.1) is 12.8 Å². The SMILES string of the molecule is Cc1cn(CC(C)CN2CCCC2)c(NC2CC2)n1. The van der Waals surface area contributed by atoms with Gasteiger partial charge in [0.05, 0.1) is 5.69 Å². The van der Waals surface area contributed by atoms with Crippen LogP contribution >= 0.6 is 0 Å². The van der Waals surface area contributed by atoms with Crippen LogP contribution in [0.1, 0.15) is 38.3 Å². The first-order valence-electron chi connectivity index (χ1n) is 7.73. The number of imidazole rings is 1. The summed E-state index contributed by atoms with van der Waals surface area (Å²) in [6, 6.07) is 0.675. The number of nitrogens with one attached hydrogen (secondary N) is 1. The van der Waals surface area contributed by atoms with Gasteiger partial charge in [0.15, 0.2) is 0 Å². The molecule has 106 valence electrons. The van der Waals surface area contributed by atoms with Crippen molar-refractivity contribution >= 4 is 5.95 Å². The molecule has 1 saturated carbocycles. The Morgan fingerprint density at radius 3 is 2.74 bits per heavy atom. The van der Waals surface area contributed by atoms with E-state index in [4.69, 9.17) is 0 Å². The normalized spacial score (nSPS) is 21.8. The van der Waals surface area contributed by atoms with Gasteiger partial charge < -0.3 is 14.8 Å². The van der Waals surface area contributed by atoms with Crippen molar-refractivity contribution in [1.82, 2.24) is 14.5 Å². The molecule has 4 heteroatoms. The maximum Gasteiger partial charge on any atom is 0.203 e. The fraction of sp³-hybridized carbons (Fsp3) is 0.800. The summed E-state index contributed by atoms with van der Waals surface area (Å²) in [6.07, 6.45) is 7.55. The fourth-order valence-corrected chi connectivity index (χ4v) is 3.01. The Balaban J connectivity index is 1.57. The van der Waals surface area contributed by atoms with Crippen molar-refractivity contribution in [2.24, 2.45) is 5.92 Å². The highest BCUT2D eigenvalue weighted by Gasteiger charge is 2.23. The Morgan fingerprint density at radius 2 is 2.05 bits per heavy atom. The van der Waals surface area contributed by atoms with Gasteiger partial charge in [-0.05, 0) is 51.6 Å². The maximum atomic E-state index is 4.61. The van der Waals surface area contributed by atoms with Crippen LogP contribution < -0.4 is 5.32 Å². The average Bonchev–Trinajstić information content (AvgIpc) is 2.89. The van der Waals surface area contributed by atoms with Crippen LogP contribution in [0.2, 0.25) is 0 Å². The van der Waals surface area contributed by atoms with E-state index in [2.05, 4.69) is 39.8 Å². The fourth-order valence-electron chi connectivity index (χ4n) is 3.01. The zero-order valence-corrected chi connectivity index (χ0v) is 12.2. The molecule has 1 aliphatic carbocycles. The summed E-state index contributed by atoms with van der Waals surface area (Å²) in [6.45, 7) is 9.32. The van der Waals surface area contributed by atoms with Crippen molar-refractivity contribution in [3.8, 4) is 0 Å². The summed E-state index contributed by atoms with van der Waals surface area (Å²) in [4.78, 5) is 7.21. The maximum absolute atomic E-state index is 4.61. The molecule has 2 fully saturated rings. The molecule has 2 heterocycles. The van der Waals surface area contributed by atoms with E-state index < -0.39 is 0 Å². The number of hydrogen-bond donors (Lipinski definition) is 1. The lowest BCUT2D eigenvalue weighted by Gasteiger charge is -2.21. The molecule has 1 atom stereocenters. The summed E-state index contributed by atoms with van der Waals surface area (Å²) < 4.78 is 2.31. The Morgan fingerprint density at radius 1 is 1.32 bits per heavy atom. The van der Waals surface area contributed by atoms with Crippen LogP contribution in [0.3, 0.4) is 0 Å². The molecule has 0 amide bonds. The van der Waals surface area contributed by atoms with E-state index in [1.54, 1.807) is 0 Å². The third-order valence-corrected chi connectivity index (χ3v) is 4.08. The van der Waals surface area contributed by atoms with Gasteiger partial charge in [0.1, 0.15) is 0 Å². The lowest BCUT2D eigenvalue weighted by Crippen LogP contribution is -2.27. The van der Waals surface area contributed by atoms with Crippen LogP contribution in [0.15, 0.2) is 6.20 Å². The number of aromatic nitrogens is 2. The summed E-state index contributed by atoms with van der Waals surface area (Å²) >= 11 is 0. The summed E-state index contributed by atoms with van der Waals surface area (Å²) in [7, 11) is 0. The van der Waals surface area contributed by atoms with Crippen LogP contribution in [-0.4, -0.2) is 40.1 Å². The van der Waals surface area contributed by atoms with E-state index in [1.807, 2.05) is 0 Å². The van der Waals surface area contributed by atoms with Crippen molar-refractivity contribution in [1.29, 1.82) is 0 Å². The smallest absolute Gasteiger partial charge is 0.203 e. The van der Waals surface area contributed by atoms with Crippen molar-refractivity contribution in [3.63, 3.8) is 0 Å². The Kier molecular flexibility index (Phi) is 3.78. The molecule has 0 bridgehead atoms. The van der Waals surface area contributed by atoms with Gasteiger partial charge in [-0.1, -0.05) is 6.92 Å². The molecule has 0 spiro atoms. The predicted molar refractivity (Wildman–Crippen MR) is 78.4 cm³/mol. The van der Waals surface area contributed by atoms with Gasteiger partial charge in [-0.2, -0.15) is 0 Å². The summed E-state index contributed by atoms with van der Waals surface area (Å²) in [5.74, 6) is 1.76.